The predicted molar refractivity (Wildman–Crippen MR) is 111 cm³/mol. The number of benzene rings is 3. The third kappa shape index (κ3) is 3.45. The molecule has 0 spiro atoms. The molecule has 0 saturated carbocycles. The van der Waals surface area contributed by atoms with Crippen LogP contribution in [0.1, 0.15) is 10.4 Å². The summed E-state index contributed by atoms with van der Waals surface area (Å²) >= 11 is 0. The van der Waals surface area contributed by atoms with E-state index in [1.807, 2.05) is 49.6 Å². The van der Waals surface area contributed by atoms with Gasteiger partial charge in [-0.05, 0) is 16.7 Å². The van der Waals surface area contributed by atoms with E-state index < -0.39 is 0 Å². The Morgan fingerprint density at radius 2 is 1.32 bits per heavy atom. The average molecular weight is 367 g/mol. The summed E-state index contributed by atoms with van der Waals surface area (Å²) in [5.74, 6) is -0.00400. The largest absolute Gasteiger partial charge is 0.314 e. The molecule has 138 valence electrons. The maximum atomic E-state index is 12.5. The standard InChI is InChI=1S/C24H21N3O/c1-26-22(20-14-12-19(13-15-20)18-8-4-2-5-9-18)16-27(24(26)25)17-23(28)21-10-6-3-7-11-21/h2-16,25H,17H2,1H3. The third-order valence-electron chi connectivity index (χ3n) is 4.93. The van der Waals surface area contributed by atoms with Crippen molar-refractivity contribution < 1.29 is 4.79 Å². The monoisotopic (exact) mass is 367 g/mol. The number of hydrogen-bond donors (Lipinski definition) is 1. The van der Waals surface area contributed by atoms with Gasteiger partial charge >= 0.3 is 0 Å². The first-order valence-electron chi connectivity index (χ1n) is 9.18. The van der Waals surface area contributed by atoms with Crippen LogP contribution in [-0.2, 0) is 13.6 Å². The van der Waals surface area contributed by atoms with Crippen LogP contribution in [0.4, 0.5) is 0 Å². The summed E-state index contributed by atoms with van der Waals surface area (Å²) in [4.78, 5) is 12.5. The Labute approximate surface area is 163 Å². The predicted octanol–water partition coefficient (Wildman–Crippen LogP) is 4.52. The molecule has 1 heterocycles. The van der Waals surface area contributed by atoms with E-state index in [4.69, 9.17) is 5.41 Å². The molecular formula is C24H21N3O. The molecular weight excluding hydrogens is 346 g/mol. The van der Waals surface area contributed by atoms with Crippen molar-refractivity contribution in [2.75, 3.05) is 0 Å². The van der Waals surface area contributed by atoms with Crippen LogP contribution in [0.5, 0.6) is 0 Å². The van der Waals surface area contributed by atoms with Gasteiger partial charge in [0, 0.05) is 18.8 Å². The fourth-order valence-electron chi connectivity index (χ4n) is 3.32. The van der Waals surface area contributed by atoms with E-state index in [1.54, 1.807) is 21.3 Å². The van der Waals surface area contributed by atoms with Gasteiger partial charge in [-0.1, -0.05) is 84.9 Å². The van der Waals surface area contributed by atoms with Gasteiger partial charge in [0.25, 0.3) is 0 Å². The Morgan fingerprint density at radius 1 is 0.786 bits per heavy atom. The smallest absolute Gasteiger partial charge is 0.202 e. The fraction of sp³-hybridized carbons (Fsp3) is 0.0833. The van der Waals surface area contributed by atoms with Crippen molar-refractivity contribution in [1.29, 1.82) is 5.41 Å². The van der Waals surface area contributed by atoms with E-state index >= 15 is 0 Å². The van der Waals surface area contributed by atoms with Crippen molar-refractivity contribution >= 4 is 5.78 Å². The lowest BCUT2D eigenvalue weighted by atomic mass is 10.0. The topological polar surface area (TPSA) is 50.8 Å². The molecule has 28 heavy (non-hydrogen) atoms. The number of carbonyl (C=O) groups is 1. The molecule has 0 aliphatic heterocycles. The molecule has 0 aliphatic rings. The number of hydrogen-bond acceptors (Lipinski definition) is 2. The van der Waals surface area contributed by atoms with Gasteiger partial charge in [0.05, 0.1) is 12.2 Å². The quantitative estimate of drug-likeness (QED) is 0.518. The van der Waals surface area contributed by atoms with Crippen LogP contribution in [-0.4, -0.2) is 14.9 Å². The van der Waals surface area contributed by atoms with E-state index in [9.17, 15) is 4.79 Å². The van der Waals surface area contributed by atoms with E-state index in [1.165, 1.54) is 5.56 Å². The minimum absolute atomic E-state index is 0.00400. The SMILES string of the molecule is Cn1c(-c2ccc(-c3ccccc3)cc2)cn(CC(=O)c2ccccc2)c1=N. The number of ketones is 1. The van der Waals surface area contributed by atoms with Gasteiger partial charge in [-0.3, -0.25) is 10.2 Å². The molecule has 0 atom stereocenters. The molecule has 1 aromatic heterocycles. The van der Waals surface area contributed by atoms with Crippen LogP contribution in [0.15, 0.2) is 91.1 Å². The summed E-state index contributed by atoms with van der Waals surface area (Å²) < 4.78 is 3.49. The highest BCUT2D eigenvalue weighted by molar-refractivity contribution is 5.95. The molecule has 1 N–H and O–H groups in total. The summed E-state index contributed by atoms with van der Waals surface area (Å²) in [6, 6.07) is 27.7. The summed E-state index contributed by atoms with van der Waals surface area (Å²) in [5.41, 5.74) is 5.20. The number of aromatic nitrogens is 2. The van der Waals surface area contributed by atoms with Crippen molar-refractivity contribution in [2.45, 2.75) is 6.54 Å². The molecule has 0 saturated heterocycles. The van der Waals surface area contributed by atoms with Gasteiger partial charge in [-0.15, -0.1) is 0 Å². The van der Waals surface area contributed by atoms with E-state index in [2.05, 4.69) is 36.4 Å². The van der Waals surface area contributed by atoms with Gasteiger partial charge in [0.1, 0.15) is 0 Å². The summed E-state index contributed by atoms with van der Waals surface area (Å²) in [7, 11) is 1.85. The molecule has 4 rings (SSSR count). The van der Waals surface area contributed by atoms with Crippen LogP contribution in [0.25, 0.3) is 22.4 Å². The first-order valence-corrected chi connectivity index (χ1v) is 9.18. The second-order valence-corrected chi connectivity index (χ2v) is 6.76. The third-order valence-corrected chi connectivity index (χ3v) is 4.93. The number of Topliss-reactive ketones (excluding diaryl/α,β-unsaturated/α-hetero) is 1. The molecule has 4 aromatic rings. The van der Waals surface area contributed by atoms with Crippen LogP contribution >= 0.6 is 0 Å². The van der Waals surface area contributed by atoms with Crippen molar-refractivity contribution in [3.8, 4) is 22.4 Å². The maximum absolute atomic E-state index is 12.5. The van der Waals surface area contributed by atoms with Gasteiger partial charge in [0.15, 0.2) is 5.78 Å². The van der Waals surface area contributed by atoms with Gasteiger partial charge in [-0.2, -0.15) is 0 Å². The highest BCUT2D eigenvalue weighted by Crippen LogP contribution is 2.24. The fourth-order valence-corrected chi connectivity index (χ4v) is 3.32. The Hall–Kier alpha value is -3.66. The Kier molecular flexibility index (Phi) is 4.77. The minimum Gasteiger partial charge on any atom is -0.314 e. The lowest BCUT2D eigenvalue weighted by Crippen LogP contribution is -2.25. The van der Waals surface area contributed by atoms with Crippen LogP contribution in [0.2, 0.25) is 0 Å². The minimum atomic E-state index is -0.00400. The normalized spacial score (nSPS) is 10.8. The molecule has 3 aromatic carbocycles. The number of rotatable bonds is 5. The summed E-state index contributed by atoms with van der Waals surface area (Å²) in [5, 5.41) is 8.37. The Bertz CT molecular complexity index is 1150. The number of nitrogens with zero attached hydrogens (tertiary/aromatic N) is 2. The lowest BCUT2D eigenvalue weighted by Gasteiger charge is -2.05. The number of carbonyl (C=O) groups excluding carboxylic acids is 1. The molecule has 0 unspecified atom stereocenters. The van der Waals surface area contributed by atoms with Gasteiger partial charge in [-0.25, -0.2) is 0 Å². The van der Waals surface area contributed by atoms with Crippen molar-refractivity contribution in [3.63, 3.8) is 0 Å². The second kappa shape index (κ2) is 7.53. The van der Waals surface area contributed by atoms with E-state index in [-0.39, 0.29) is 12.3 Å². The Morgan fingerprint density at radius 3 is 1.96 bits per heavy atom. The maximum Gasteiger partial charge on any atom is 0.202 e. The summed E-state index contributed by atoms with van der Waals surface area (Å²) in [6.07, 6.45) is 1.88. The zero-order chi connectivity index (χ0) is 19.5. The van der Waals surface area contributed by atoms with Crippen molar-refractivity contribution in [3.05, 3.63) is 102 Å². The summed E-state index contributed by atoms with van der Waals surface area (Å²) in [6.45, 7) is 0.152. The van der Waals surface area contributed by atoms with Crippen molar-refractivity contribution in [1.82, 2.24) is 9.13 Å². The molecule has 0 bridgehead atoms. The van der Waals surface area contributed by atoms with Crippen LogP contribution in [0, 0.1) is 5.41 Å². The average Bonchev–Trinajstić information content (AvgIpc) is 3.03. The van der Waals surface area contributed by atoms with Crippen LogP contribution < -0.4 is 5.62 Å². The zero-order valence-electron chi connectivity index (χ0n) is 15.7. The van der Waals surface area contributed by atoms with E-state index in [0.717, 1.165) is 16.8 Å². The number of imidazole rings is 1. The molecule has 4 nitrogen and oxygen atoms in total. The van der Waals surface area contributed by atoms with Crippen molar-refractivity contribution in [2.24, 2.45) is 7.05 Å². The molecule has 0 radical (unpaired) electrons. The second-order valence-electron chi connectivity index (χ2n) is 6.76. The highest BCUT2D eigenvalue weighted by Gasteiger charge is 2.12. The first kappa shape index (κ1) is 17.7. The molecule has 0 amide bonds. The van der Waals surface area contributed by atoms with Gasteiger partial charge < -0.3 is 9.13 Å². The number of nitrogens with one attached hydrogen (secondary N) is 1. The lowest BCUT2D eigenvalue weighted by molar-refractivity contribution is 0.0970. The first-order chi connectivity index (χ1) is 13.6. The van der Waals surface area contributed by atoms with Crippen LogP contribution in [0.3, 0.4) is 0 Å². The highest BCUT2D eigenvalue weighted by atomic mass is 16.1. The Balaban J connectivity index is 1.62. The van der Waals surface area contributed by atoms with E-state index in [0.29, 0.717) is 11.2 Å². The molecule has 0 aliphatic carbocycles. The molecule has 4 heteroatoms. The molecule has 0 fully saturated rings. The zero-order valence-corrected chi connectivity index (χ0v) is 15.7. The van der Waals surface area contributed by atoms with Gasteiger partial charge in [0.2, 0.25) is 5.62 Å².